The van der Waals surface area contributed by atoms with Crippen LogP contribution in [0.15, 0.2) is 6.07 Å². The minimum absolute atomic E-state index is 0.416. The normalized spacial score (nSPS) is 15.3. The van der Waals surface area contributed by atoms with E-state index >= 15 is 0 Å². The SMILES string of the molecule is CNc1cc(=N)n(C)c(N2CCCCC2)c1C#N. The molecular weight excluding hydrogens is 226 g/mol. The van der Waals surface area contributed by atoms with Crippen LogP contribution in [0.25, 0.3) is 0 Å². The summed E-state index contributed by atoms with van der Waals surface area (Å²) in [5, 5.41) is 20.4. The van der Waals surface area contributed by atoms with Gasteiger partial charge in [0.25, 0.3) is 0 Å². The van der Waals surface area contributed by atoms with Gasteiger partial charge in [-0.25, -0.2) is 0 Å². The third-order valence-corrected chi connectivity index (χ3v) is 3.49. The molecule has 1 aromatic heterocycles. The van der Waals surface area contributed by atoms with E-state index in [-0.39, 0.29) is 0 Å². The Morgan fingerprint density at radius 3 is 2.56 bits per heavy atom. The monoisotopic (exact) mass is 245 g/mol. The van der Waals surface area contributed by atoms with Crippen molar-refractivity contribution in [3.63, 3.8) is 0 Å². The van der Waals surface area contributed by atoms with Gasteiger partial charge in [0.05, 0.1) is 5.69 Å². The number of hydrogen-bond acceptors (Lipinski definition) is 4. The van der Waals surface area contributed by atoms with Crippen molar-refractivity contribution >= 4 is 11.5 Å². The second-order valence-corrected chi connectivity index (χ2v) is 4.61. The zero-order chi connectivity index (χ0) is 13.1. The Hall–Kier alpha value is -1.96. The van der Waals surface area contributed by atoms with E-state index in [0.29, 0.717) is 11.1 Å². The summed E-state index contributed by atoms with van der Waals surface area (Å²) < 4.78 is 1.80. The van der Waals surface area contributed by atoms with E-state index in [2.05, 4.69) is 16.3 Å². The summed E-state index contributed by atoms with van der Waals surface area (Å²) >= 11 is 0. The maximum absolute atomic E-state index is 9.39. The predicted octanol–water partition coefficient (Wildman–Crippen LogP) is 1.41. The second kappa shape index (κ2) is 5.13. The van der Waals surface area contributed by atoms with Gasteiger partial charge in [0.1, 0.15) is 22.9 Å². The van der Waals surface area contributed by atoms with Crippen LogP contribution >= 0.6 is 0 Å². The van der Waals surface area contributed by atoms with E-state index in [9.17, 15) is 5.26 Å². The molecule has 0 saturated carbocycles. The van der Waals surface area contributed by atoms with Crippen LogP contribution in [0.3, 0.4) is 0 Å². The zero-order valence-electron chi connectivity index (χ0n) is 11.0. The van der Waals surface area contributed by atoms with E-state index in [1.165, 1.54) is 6.42 Å². The standard InChI is InChI=1S/C13H19N5/c1-16-11-8-12(15)17(2)13(10(11)9-14)18-6-4-3-5-7-18/h8,15-16H,3-7H2,1-2H3. The zero-order valence-corrected chi connectivity index (χ0v) is 11.0. The molecule has 96 valence electrons. The van der Waals surface area contributed by atoms with Gasteiger partial charge in [0.2, 0.25) is 0 Å². The molecule has 1 aliphatic heterocycles. The Kier molecular flexibility index (Phi) is 3.56. The fourth-order valence-electron chi connectivity index (χ4n) is 2.49. The first-order chi connectivity index (χ1) is 8.69. The van der Waals surface area contributed by atoms with Gasteiger partial charge in [-0.15, -0.1) is 0 Å². The molecule has 1 aliphatic rings. The topological polar surface area (TPSA) is 67.8 Å². The van der Waals surface area contributed by atoms with Crippen LogP contribution in [0, 0.1) is 16.7 Å². The first kappa shape index (κ1) is 12.5. The van der Waals surface area contributed by atoms with Gasteiger partial charge in [0, 0.05) is 33.3 Å². The van der Waals surface area contributed by atoms with Gasteiger partial charge in [-0.3, -0.25) is 5.41 Å². The minimum Gasteiger partial charge on any atom is -0.387 e. The number of hydrogen-bond donors (Lipinski definition) is 2. The number of rotatable bonds is 2. The number of nitrogens with zero attached hydrogens (tertiary/aromatic N) is 3. The molecule has 5 nitrogen and oxygen atoms in total. The summed E-state index contributed by atoms with van der Waals surface area (Å²) in [5.41, 5.74) is 1.79. The van der Waals surface area contributed by atoms with Crippen LogP contribution in [0.4, 0.5) is 11.5 Å². The number of pyridine rings is 1. The first-order valence-corrected chi connectivity index (χ1v) is 6.30. The molecule has 18 heavy (non-hydrogen) atoms. The number of anilines is 2. The average Bonchev–Trinajstić information content (AvgIpc) is 2.42. The molecule has 2 N–H and O–H groups in total. The molecule has 0 aliphatic carbocycles. The van der Waals surface area contributed by atoms with Crippen LogP contribution in [0.2, 0.25) is 0 Å². The summed E-state index contributed by atoms with van der Waals surface area (Å²) in [6, 6.07) is 3.97. The van der Waals surface area contributed by atoms with E-state index in [1.807, 2.05) is 7.05 Å². The van der Waals surface area contributed by atoms with Crippen LogP contribution in [-0.2, 0) is 7.05 Å². The number of aromatic nitrogens is 1. The highest BCUT2D eigenvalue weighted by atomic mass is 15.2. The molecule has 0 atom stereocenters. The van der Waals surface area contributed by atoms with Crippen molar-refractivity contribution in [2.24, 2.45) is 7.05 Å². The lowest BCUT2D eigenvalue weighted by Gasteiger charge is -2.31. The van der Waals surface area contributed by atoms with Crippen LogP contribution in [0.1, 0.15) is 24.8 Å². The summed E-state index contributed by atoms with van der Waals surface area (Å²) in [7, 11) is 3.64. The lowest BCUT2D eigenvalue weighted by molar-refractivity contribution is 0.562. The fraction of sp³-hybridized carbons (Fsp3) is 0.538. The van der Waals surface area contributed by atoms with Crippen molar-refractivity contribution < 1.29 is 0 Å². The van der Waals surface area contributed by atoms with Crippen molar-refractivity contribution in [1.82, 2.24) is 4.57 Å². The van der Waals surface area contributed by atoms with Gasteiger partial charge in [-0.05, 0) is 19.3 Å². The van der Waals surface area contributed by atoms with Crippen molar-refractivity contribution in [2.45, 2.75) is 19.3 Å². The van der Waals surface area contributed by atoms with Crippen LogP contribution in [-0.4, -0.2) is 24.7 Å². The van der Waals surface area contributed by atoms with Crippen molar-refractivity contribution in [3.05, 3.63) is 17.1 Å². The highest BCUT2D eigenvalue weighted by Gasteiger charge is 2.19. The first-order valence-electron chi connectivity index (χ1n) is 6.30. The van der Waals surface area contributed by atoms with E-state index < -0.39 is 0 Å². The molecular formula is C13H19N5. The second-order valence-electron chi connectivity index (χ2n) is 4.61. The summed E-state index contributed by atoms with van der Waals surface area (Å²) in [4.78, 5) is 2.22. The van der Waals surface area contributed by atoms with Crippen LogP contribution in [0.5, 0.6) is 0 Å². The lowest BCUT2D eigenvalue weighted by Crippen LogP contribution is -2.35. The quantitative estimate of drug-likeness (QED) is 0.827. The molecule has 0 spiro atoms. The van der Waals surface area contributed by atoms with Crippen LogP contribution < -0.4 is 15.7 Å². The Bertz CT molecular complexity index is 532. The lowest BCUT2D eigenvalue weighted by atomic mass is 10.1. The summed E-state index contributed by atoms with van der Waals surface area (Å²) in [6.45, 7) is 1.93. The van der Waals surface area contributed by atoms with E-state index in [0.717, 1.165) is 37.4 Å². The number of piperidine rings is 1. The summed E-state index contributed by atoms with van der Waals surface area (Å²) in [6.07, 6.45) is 3.56. The molecule has 1 aromatic rings. The summed E-state index contributed by atoms with van der Waals surface area (Å²) in [5.74, 6) is 0.869. The van der Waals surface area contributed by atoms with Crippen molar-refractivity contribution in [2.75, 3.05) is 30.4 Å². The smallest absolute Gasteiger partial charge is 0.130 e. The van der Waals surface area contributed by atoms with Crippen molar-refractivity contribution in [1.29, 1.82) is 10.7 Å². The maximum Gasteiger partial charge on any atom is 0.130 e. The molecule has 0 radical (unpaired) electrons. The predicted molar refractivity (Wildman–Crippen MR) is 71.6 cm³/mol. The molecule has 2 heterocycles. The molecule has 0 aromatic carbocycles. The molecule has 2 rings (SSSR count). The highest BCUT2D eigenvalue weighted by molar-refractivity contribution is 5.68. The largest absolute Gasteiger partial charge is 0.387 e. The Labute approximate surface area is 107 Å². The number of nitriles is 1. The van der Waals surface area contributed by atoms with Gasteiger partial charge < -0.3 is 14.8 Å². The molecule has 0 unspecified atom stereocenters. The van der Waals surface area contributed by atoms with Gasteiger partial charge in [0.15, 0.2) is 0 Å². The maximum atomic E-state index is 9.39. The van der Waals surface area contributed by atoms with Gasteiger partial charge >= 0.3 is 0 Å². The molecule has 0 amide bonds. The van der Waals surface area contributed by atoms with E-state index in [4.69, 9.17) is 5.41 Å². The number of nitrogens with one attached hydrogen (secondary N) is 2. The van der Waals surface area contributed by atoms with Crippen molar-refractivity contribution in [3.8, 4) is 6.07 Å². The molecule has 1 saturated heterocycles. The molecule has 5 heteroatoms. The average molecular weight is 245 g/mol. The minimum atomic E-state index is 0.416. The third kappa shape index (κ3) is 2.06. The van der Waals surface area contributed by atoms with Gasteiger partial charge in [-0.2, -0.15) is 5.26 Å². The fourth-order valence-corrected chi connectivity index (χ4v) is 2.49. The highest BCUT2D eigenvalue weighted by Crippen LogP contribution is 2.26. The Morgan fingerprint density at radius 2 is 2.00 bits per heavy atom. The van der Waals surface area contributed by atoms with E-state index in [1.54, 1.807) is 17.7 Å². The Morgan fingerprint density at radius 1 is 1.33 bits per heavy atom. The van der Waals surface area contributed by atoms with Gasteiger partial charge in [-0.1, -0.05) is 0 Å². The Balaban J connectivity index is 2.59. The molecule has 0 bridgehead atoms. The molecule has 1 fully saturated rings. The third-order valence-electron chi connectivity index (χ3n) is 3.49.